The van der Waals surface area contributed by atoms with Gasteiger partial charge in [0, 0.05) is 63.1 Å². The zero-order valence-corrected chi connectivity index (χ0v) is 24.4. The number of hydrogen-bond acceptors (Lipinski definition) is 7. The second kappa shape index (κ2) is 11.9. The Labute approximate surface area is 236 Å². The van der Waals surface area contributed by atoms with Gasteiger partial charge in [0.25, 0.3) is 11.8 Å². The topological polar surface area (TPSA) is 108 Å². The summed E-state index contributed by atoms with van der Waals surface area (Å²) in [5, 5.41) is 7.60. The minimum atomic E-state index is -0.0327. The molecule has 10 nitrogen and oxygen atoms in total. The average molecular weight is 547 g/mol. The lowest BCUT2D eigenvalue weighted by atomic mass is 9.85. The van der Waals surface area contributed by atoms with Gasteiger partial charge >= 0.3 is 0 Å². The van der Waals surface area contributed by atoms with Crippen LogP contribution in [0.25, 0.3) is 11.0 Å². The van der Waals surface area contributed by atoms with Gasteiger partial charge in [0.05, 0.1) is 5.56 Å². The number of carbonyl (C=O) groups is 2. The highest BCUT2D eigenvalue weighted by atomic mass is 16.2. The van der Waals surface area contributed by atoms with Gasteiger partial charge in [-0.3, -0.25) is 9.59 Å². The predicted molar refractivity (Wildman–Crippen MR) is 157 cm³/mol. The summed E-state index contributed by atoms with van der Waals surface area (Å²) >= 11 is 0. The SMILES string of the molecule is CC.C[C@@H]1CCCC[C@@H]1n1c(C(=O)N(C)C)cc2cnc(Nc3ccc(C(=O)N4CC5CCC(C4)N5)cn3)nc21. The second-order valence-electron chi connectivity index (χ2n) is 11.3. The van der Waals surface area contributed by atoms with E-state index in [1.165, 1.54) is 6.42 Å². The van der Waals surface area contributed by atoms with Gasteiger partial charge in [0.15, 0.2) is 0 Å². The van der Waals surface area contributed by atoms with E-state index in [2.05, 4.69) is 32.1 Å². The smallest absolute Gasteiger partial charge is 0.270 e. The standard InChI is InChI=1S/C28H36N8O2.C2H6/c1-17-6-4-5-7-22(17)36-23(27(38)34(2)3)12-19-14-30-28(33-25(19)36)32-24-11-8-18(13-29-24)26(37)35-15-20-9-10-21(16-35)31-20;1-2/h8,11-14,17,20-22,31H,4-7,9-10,15-16H2,1-3H3,(H,29,30,32,33);1-2H3/t17-,20?,21?,22+;/m1./s1. The minimum absolute atomic E-state index is 0.0256. The van der Waals surface area contributed by atoms with Crippen LogP contribution in [0.2, 0.25) is 0 Å². The first-order valence-electron chi connectivity index (χ1n) is 14.8. The quantitative estimate of drug-likeness (QED) is 0.481. The molecule has 2 amide bonds. The number of piperazine rings is 1. The lowest BCUT2D eigenvalue weighted by Crippen LogP contribution is -2.53. The molecule has 3 aliphatic rings. The van der Waals surface area contributed by atoms with Crippen molar-refractivity contribution < 1.29 is 9.59 Å². The van der Waals surface area contributed by atoms with Gasteiger partial charge < -0.3 is 25.0 Å². The summed E-state index contributed by atoms with van der Waals surface area (Å²) in [4.78, 5) is 43.5. The van der Waals surface area contributed by atoms with Gasteiger partial charge in [0.2, 0.25) is 5.95 Å². The highest BCUT2D eigenvalue weighted by molar-refractivity contribution is 5.98. The summed E-state index contributed by atoms with van der Waals surface area (Å²) in [5.41, 5.74) is 1.99. The first-order valence-corrected chi connectivity index (χ1v) is 14.8. The Hall–Kier alpha value is -3.53. The fourth-order valence-corrected chi connectivity index (χ4v) is 6.33. The number of nitrogens with zero attached hydrogens (tertiary/aromatic N) is 6. The van der Waals surface area contributed by atoms with Crippen molar-refractivity contribution in [2.75, 3.05) is 32.5 Å². The largest absolute Gasteiger partial charge is 0.343 e. The number of likely N-dealkylation sites (tertiary alicyclic amines) is 1. The van der Waals surface area contributed by atoms with Crippen molar-refractivity contribution in [1.82, 2.24) is 34.6 Å². The number of fused-ring (bicyclic) bond motifs is 3. The summed E-state index contributed by atoms with van der Waals surface area (Å²) in [5.74, 6) is 1.42. The summed E-state index contributed by atoms with van der Waals surface area (Å²) in [7, 11) is 3.56. The summed E-state index contributed by atoms with van der Waals surface area (Å²) < 4.78 is 2.13. The van der Waals surface area contributed by atoms with Crippen molar-refractivity contribution in [3.8, 4) is 0 Å². The molecule has 3 fully saturated rings. The lowest BCUT2D eigenvalue weighted by Gasteiger charge is -2.32. The second-order valence-corrected chi connectivity index (χ2v) is 11.3. The van der Waals surface area contributed by atoms with E-state index in [9.17, 15) is 9.59 Å². The molecule has 2 aliphatic heterocycles. The molecular formula is C30H42N8O2. The first-order chi connectivity index (χ1) is 19.4. The van der Waals surface area contributed by atoms with Crippen LogP contribution in [0.3, 0.4) is 0 Å². The molecule has 0 spiro atoms. The van der Waals surface area contributed by atoms with Crippen LogP contribution in [0.5, 0.6) is 0 Å². The Morgan fingerprint density at radius 2 is 1.73 bits per heavy atom. The monoisotopic (exact) mass is 546 g/mol. The van der Waals surface area contributed by atoms with Crippen LogP contribution >= 0.6 is 0 Å². The molecule has 1 saturated carbocycles. The van der Waals surface area contributed by atoms with E-state index in [4.69, 9.17) is 4.98 Å². The van der Waals surface area contributed by atoms with Crippen molar-refractivity contribution in [2.24, 2.45) is 5.92 Å². The van der Waals surface area contributed by atoms with Gasteiger partial charge in [0.1, 0.15) is 17.2 Å². The number of aromatic nitrogens is 4. The maximum absolute atomic E-state index is 13.1. The number of anilines is 2. The number of hydrogen-bond donors (Lipinski definition) is 2. The summed E-state index contributed by atoms with van der Waals surface area (Å²) in [6.45, 7) is 7.76. The maximum atomic E-state index is 13.1. The Morgan fingerprint density at radius 3 is 2.38 bits per heavy atom. The zero-order valence-electron chi connectivity index (χ0n) is 24.4. The number of amides is 2. The van der Waals surface area contributed by atoms with Crippen LogP contribution in [0.1, 0.15) is 86.2 Å². The number of pyridine rings is 1. The van der Waals surface area contributed by atoms with E-state index in [0.29, 0.717) is 41.0 Å². The minimum Gasteiger partial charge on any atom is -0.343 e. The van der Waals surface area contributed by atoms with Crippen molar-refractivity contribution in [2.45, 2.75) is 77.4 Å². The lowest BCUT2D eigenvalue weighted by molar-refractivity contribution is 0.0697. The Kier molecular flexibility index (Phi) is 8.35. The number of nitrogens with one attached hydrogen (secondary N) is 2. The van der Waals surface area contributed by atoms with Gasteiger partial charge in [-0.2, -0.15) is 4.98 Å². The molecule has 5 heterocycles. The van der Waals surface area contributed by atoms with Crippen molar-refractivity contribution >= 4 is 34.6 Å². The molecule has 1 aliphatic carbocycles. The van der Waals surface area contributed by atoms with Crippen LogP contribution in [0.15, 0.2) is 30.6 Å². The van der Waals surface area contributed by atoms with Gasteiger partial charge in [-0.05, 0) is 49.8 Å². The van der Waals surface area contributed by atoms with E-state index >= 15 is 0 Å². The third kappa shape index (κ3) is 5.54. The molecule has 214 valence electrons. The van der Waals surface area contributed by atoms with E-state index in [-0.39, 0.29) is 17.9 Å². The molecule has 6 rings (SSSR count). The van der Waals surface area contributed by atoms with Gasteiger partial charge in [-0.1, -0.05) is 33.6 Å². The molecule has 2 bridgehead atoms. The Morgan fingerprint density at radius 1 is 1.00 bits per heavy atom. The number of carbonyl (C=O) groups excluding carboxylic acids is 2. The van der Waals surface area contributed by atoms with Crippen LogP contribution < -0.4 is 10.6 Å². The van der Waals surface area contributed by atoms with E-state index < -0.39 is 0 Å². The third-order valence-corrected chi connectivity index (χ3v) is 8.35. The van der Waals surface area contributed by atoms with Crippen LogP contribution in [0, 0.1) is 5.92 Å². The van der Waals surface area contributed by atoms with E-state index in [1.54, 1.807) is 43.5 Å². The molecule has 4 atom stereocenters. The third-order valence-electron chi connectivity index (χ3n) is 8.35. The van der Waals surface area contributed by atoms with Crippen LogP contribution in [0.4, 0.5) is 11.8 Å². The molecule has 0 aromatic carbocycles. The Bertz CT molecular complexity index is 1340. The molecule has 40 heavy (non-hydrogen) atoms. The normalized spacial score (nSPS) is 23.9. The van der Waals surface area contributed by atoms with Crippen LogP contribution in [-0.4, -0.2) is 80.4 Å². The zero-order chi connectivity index (χ0) is 28.4. The summed E-state index contributed by atoms with van der Waals surface area (Å²) in [6, 6.07) is 6.53. The first kappa shape index (κ1) is 28.0. The maximum Gasteiger partial charge on any atom is 0.270 e. The molecular weight excluding hydrogens is 504 g/mol. The fourth-order valence-electron chi connectivity index (χ4n) is 6.33. The predicted octanol–water partition coefficient (Wildman–Crippen LogP) is 4.63. The highest BCUT2D eigenvalue weighted by Crippen LogP contribution is 2.37. The van der Waals surface area contributed by atoms with Gasteiger partial charge in [-0.25, -0.2) is 9.97 Å². The van der Waals surface area contributed by atoms with E-state index in [1.807, 2.05) is 24.8 Å². The Balaban J connectivity index is 0.00000158. The number of rotatable bonds is 5. The molecule has 2 N–H and O–H groups in total. The molecule has 0 radical (unpaired) electrons. The van der Waals surface area contributed by atoms with Crippen molar-refractivity contribution in [3.05, 3.63) is 41.9 Å². The van der Waals surface area contributed by atoms with Crippen molar-refractivity contribution in [1.29, 1.82) is 0 Å². The molecule has 2 saturated heterocycles. The molecule has 3 aromatic heterocycles. The summed E-state index contributed by atoms with van der Waals surface area (Å²) in [6.07, 6.45) is 10.2. The van der Waals surface area contributed by atoms with Crippen molar-refractivity contribution in [3.63, 3.8) is 0 Å². The fraction of sp³-hybridized carbons (Fsp3) is 0.567. The average Bonchev–Trinajstić information content (AvgIpc) is 3.52. The molecule has 3 aromatic rings. The molecule has 10 heteroatoms. The molecule has 2 unspecified atom stereocenters. The van der Waals surface area contributed by atoms with Gasteiger partial charge in [-0.15, -0.1) is 0 Å². The highest BCUT2D eigenvalue weighted by Gasteiger charge is 2.34. The van der Waals surface area contributed by atoms with E-state index in [0.717, 1.165) is 56.2 Å². The van der Waals surface area contributed by atoms with Crippen LogP contribution in [-0.2, 0) is 0 Å².